The van der Waals surface area contributed by atoms with Crippen molar-refractivity contribution in [2.75, 3.05) is 0 Å². The van der Waals surface area contributed by atoms with Crippen molar-refractivity contribution in [3.63, 3.8) is 0 Å². The van der Waals surface area contributed by atoms with Gasteiger partial charge in [-0.3, -0.25) is 0 Å². The standard InChI is InChI=1S/3C3H6O3.Nb/c3*1-2(4)3(5)6;/h3*2,4H,1H3,(H,5,6);/q;;;+3/p-3. The largest absolute Gasteiger partial charge is 3.00 e. The van der Waals surface area contributed by atoms with Crippen LogP contribution in [-0.4, -0.2) is 51.5 Å². The Bertz CT molecular complexity index is 220. The van der Waals surface area contributed by atoms with Gasteiger partial charge in [0, 0.05) is 0 Å². The van der Waals surface area contributed by atoms with Crippen LogP contribution in [0.2, 0.25) is 0 Å². The smallest absolute Gasteiger partial charge is 0.547 e. The summed E-state index contributed by atoms with van der Waals surface area (Å²) in [6, 6.07) is 0. The Balaban J connectivity index is -0.0000000865. The minimum Gasteiger partial charge on any atom is -0.547 e. The zero-order valence-electron chi connectivity index (χ0n) is 10.5. The normalized spacial score (nSPS) is 12.9. The Hall–Kier alpha value is -0.970. The molecule has 0 aliphatic carbocycles. The maximum Gasteiger partial charge on any atom is 3.00 e. The number of carbonyl (C=O) groups excluding carboxylic acids is 3. The Morgan fingerprint density at radius 3 is 0.737 bits per heavy atom. The zero-order valence-corrected chi connectivity index (χ0v) is 12.7. The molecule has 0 aliphatic heterocycles. The fraction of sp³-hybridized carbons (Fsp3) is 0.667. The summed E-state index contributed by atoms with van der Waals surface area (Å²) in [5, 5.41) is 51.9. The van der Waals surface area contributed by atoms with E-state index in [2.05, 4.69) is 0 Å². The first-order valence-electron chi connectivity index (χ1n) is 4.60. The monoisotopic (exact) mass is 360 g/mol. The molecule has 0 fully saturated rings. The first kappa shape index (κ1) is 26.6. The van der Waals surface area contributed by atoms with Crippen molar-refractivity contribution < 1.29 is 67.4 Å². The van der Waals surface area contributed by atoms with E-state index in [9.17, 15) is 29.7 Å². The molecule has 0 bridgehead atoms. The van der Waals surface area contributed by atoms with E-state index in [1.165, 1.54) is 0 Å². The molecule has 0 radical (unpaired) electrons. The SMILES string of the molecule is CC(O)C(=O)[O-].CC(O)C(=O)[O-].CC(O)C(=O)[O-].[Nb+3]. The first-order chi connectivity index (χ1) is 7.93. The van der Waals surface area contributed by atoms with E-state index in [-0.39, 0.29) is 22.4 Å². The van der Waals surface area contributed by atoms with Crippen LogP contribution in [0.3, 0.4) is 0 Å². The molecule has 3 N–H and O–H groups in total. The molecule has 3 unspecified atom stereocenters. The Labute approximate surface area is 125 Å². The van der Waals surface area contributed by atoms with Gasteiger partial charge in [-0.2, -0.15) is 0 Å². The molecule has 3 atom stereocenters. The number of hydrogen-bond donors (Lipinski definition) is 3. The van der Waals surface area contributed by atoms with Crippen molar-refractivity contribution in [3.05, 3.63) is 0 Å². The summed E-state index contributed by atoms with van der Waals surface area (Å²) in [6.45, 7) is 3.40. The third-order valence-electron chi connectivity index (χ3n) is 1.02. The van der Waals surface area contributed by atoms with Crippen LogP contribution >= 0.6 is 0 Å². The molecule has 19 heavy (non-hydrogen) atoms. The molecule has 0 aliphatic rings. The van der Waals surface area contributed by atoms with E-state index in [1.54, 1.807) is 0 Å². The van der Waals surface area contributed by atoms with E-state index in [0.717, 1.165) is 20.8 Å². The number of carboxylic acid groups (broad SMARTS) is 3. The summed E-state index contributed by atoms with van der Waals surface area (Å²) < 4.78 is 0. The van der Waals surface area contributed by atoms with E-state index in [1.807, 2.05) is 0 Å². The molecular formula is C9H15NbO9. The van der Waals surface area contributed by atoms with Gasteiger partial charge < -0.3 is 45.0 Å². The van der Waals surface area contributed by atoms with Crippen molar-refractivity contribution in [3.8, 4) is 0 Å². The van der Waals surface area contributed by atoms with Crippen LogP contribution in [-0.2, 0) is 36.8 Å². The molecule has 9 nitrogen and oxygen atoms in total. The van der Waals surface area contributed by atoms with Crippen molar-refractivity contribution >= 4 is 17.9 Å². The maximum atomic E-state index is 9.34. The third-order valence-corrected chi connectivity index (χ3v) is 1.02. The number of aliphatic carboxylic acids is 3. The molecule has 0 saturated heterocycles. The minimum absolute atomic E-state index is 0. The second-order valence-corrected chi connectivity index (χ2v) is 2.99. The summed E-state index contributed by atoms with van der Waals surface area (Å²) >= 11 is 0. The summed E-state index contributed by atoms with van der Waals surface area (Å²) in [4.78, 5) is 28.0. The second kappa shape index (κ2) is 15.1. The molecule has 10 heteroatoms. The number of aliphatic hydroxyl groups excluding tert-OH is 3. The van der Waals surface area contributed by atoms with E-state index in [4.69, 9.17) is 15.3 Å². The van der Waals surface area contributed by atoms with Gasteiger partial charge >= 0.3 is 22.4 Å². The average Bonchev–Trinajstić information content (AvgIpc) is 2.18. The molecule has 0 spiro atoms. The van der Waals surface area contributed by atoms with Crippen LogP contribution < -0.4 is 15.3 Å². The first-order valence-corrected chi connectivity index (χ1v) is 4.60. The predicted octanol–water partition coefficient (Wildman–Crippen LogP) is -5.65. The van der Waals surface area contributed by atoms with Crippen molar-refractivity contribution in [1.82, 2.24) is 0 Å². The van der Waals surface area contributed by atoms with Crippen molar-refractivity contribution in [1.29, 1.82) is 0 Å². The van der Waals surface area contributed by atoms with Gasteiger partial charge in [-0.1, -0.05) is 0 Å². The Morgan fingerprint density at radius 1 is 0.684 bits per heavy atom. The molecular weight excluding hydrogens is 345 g/mol. The summed E-state index contributed by atoms with van der Waals surface area (Å²) in [6.07, 6.45) is -4.03. The fourth-order valence-electron chi connectivity index (χ4n) is 0. The van der Waals surface area contributed by atoms with Crippen molar-refractivity contribution in [2.24, 2.45) is 0 Å². The van der Waals surface area contributed by atoms with Gasteiger partial charge in [0.2, 0.25) is 0 Å². The molecule has 0 saturated carbocycles. The fourth-order valence-corrected chi connectivity index (χ4v) is 0. The molecule has 0 aromatic rings. The number of aliphatic hydroxyl groups is 3. The number of carbonyl (C=O) groups is 3. The molecule has 0 heterocycles. The summed E-state index contributed by atoms with van der Waals surface area (Å²) in [5.74, 6) is -4.31. The van der Waals surface area contributed by atoms with E-state index in [0.29, 0.717) is 0 Å². The summed E-state index contributed by atoms with van der Waals surface area (Å²) in [7, 11) is 0. The van der Waals surface area contributed by atoms with Crippen LogP contribution in [0.25, 0.3) is 0 Å². The van der Waals surface area contributed by atoms with E-state index < -0.39 is 36.2 Å². The second-order valence-electron chi connectivity index (χ2n) is 2.99. The molecule has 0 aromatic carbocycles. The van der Waals surface area contributed by atoms with Crippen LogP contribution in [0.5, 0.6) is 0 Å². The van der Waals surface area contributed by atoms with E-state index >= 15 is 0 Å². The molecule has 0 amide bonds. The van der Waals surface area contributed by atoms with Gasteiger partial charge in [0.15, 0.2) is 0 Å². The number of rotatable bonds is 3. The van der Waals surface area contributed by atoms with Crippen LogP contribution in [0.1, 0.15) is 20.8 Å². The van der Waals surface area contributed by atoms with Gasteiger partial charge in [0.1, 0.15) is 0 Å². The molecule has 0 rings (SSSR count). The molecule has 0 aromatic heterocycles. The maximum absolute atomic E-state index is 9.34. The zero-order chi connectivity index (χ0) is 15.5. The van der Waals surface area contributed by atoms with Gasteiger partial charge in [-0.15, -0.1) is 0 Å². The van der Waals surface area contributed by atoms with Gasteiger partial charge in [0.05, 0.1) is 36.2 Å². The Morgan fingerprint density at radius 2 is 0.737 bits per heavy atom. The van der Waals surface area contributed by atoms with Crippen LogP contribution in [0.4, 0.5) is 0 Å². The topological polar surface area (TPSA) is 181 Å². The van der Waals surface area contributed by atoms with Gasteiger partial charge in [-0.25, -0.2) is 0 Å². The van der Waals surface area contributed by atoms with Crippen LogP contribution in [0.15, 0.2) is 0 Å². The minimum atomic E-state index is -1.44. The Kier molecular flexibility index (Phi) is 21.1. The number of hydrogen-bond acceptors (Lipinski definition) is 9. The molecule has 110 valence electrons. The quantitative estimate of drug-likeness (QED) is 0.413. The summed E-state index contributed by atoms with van der Waals surface area (Å²) in [5.41, 5.74) is 0. The number of carboxylic acids is 3. The average molecular weight is 360 g/mol. The van der Waals surface area contributed by atoms with Gasteiger partial charge in [-0.05, 0) is 20.8 Å². The van der Waals surface area contributed by atoms with Gasteiger partial charge in [0.25, 0.3) is 0 Å². The third kappa shape index (κ3) is 31.6. The van der Waals surface area contributed by atoms with Crippen LogP contribution in [0, 0.1) is 0 Å². The predicted molar refractivity (Wildman–Crippen MR) is 50.1 cm³/mol. The van der Waals surface area contributed by atoms with Crippen molar-refractivity contribution in [2.45, 2.75) is 39.1 Å².